The molecule has 0 unspecified atom stereocenters. The van der Waals surface area contributed by atoms with Gasteiger partial charge < -0.3 is 10.2 Å². The lowest BCUT2D eigenvalue weighted by Crippen LogP contribution is -2.15. The number of hydrogen-bond donors (Lipinski definition) is 1. The maximum atomic E-state index is 13.6. The van der Waals surface area contributed by atoms with Crippen LogP contribution in [0.15, 0.2) is 22.7 Å². The van der Waals surface area contributed by atoms with Crippen LogP contribution in [0.5, 0.6) is 0 Å². The lowest BCUT2D eigenvalue weighted by molar-refractivity contribution is 0.612. The second-order valence-electron chi connectivity index (χ2n) is 4.21. The summed E-state index contributed by atoms with van der Waals surface area (Å²) in [6.45, 7) is 0.248. The van der Waals surface area contributed by atoms with Crippen LogP contribution >= 0.6 is 27.5 Å². The zero-order valence-corrected chi connectivity index (χ0v) is 13.2. The van der Waals surface area contributed by atoms with E-state index in [2.05, 4.69) is 36.2 Å². The van der Waals surface area contributed by atoms with Crippen molar-refractivity contribution < 1.29 is 4.39 Å². The highest BCUT2D eigenvalue weighted by Crippen LogP contribution is 2.17. The average molecular weight is 361 g/mol. The van der Waals surface area contributed by atoms with Crippen molar-refractivity contribution in [3.63, 3.8) is 0 Å². The van der Waals surface area contributed by atoms with Crippen molar-refractivity contribution in [3.8, 4) is 0 Å². The number of nitrogens with one attached hydrogen (secondary N) is 1. The van der Waals surface area contributed by atoms with E-state index in [-0.39, 0.29) is 17.6 Å². The molecule has 0 amide bonds. The molecule has 2 aromatic rings. The predicted octanol–water partition coefficient (Wildman–Crippen LogP) is 3.10. The molecule has 0 fully saturated rings. The molecule has 8 heteroatoms. The van der Waals surface area contributed by atoms with Crippen LogP contribution in [0.1, 0.15) is 5.56 Å². The van der Waals surface area contributed by atoms with Gasteiger partial charge in [0.2, 0.25) is 17.2 Å². The lowest BCUT2D eigenvalue weighted by Gasteiger charge is -2.12. The van der Waals surface area contributed by atoms with Crippen LogP contribution in [0.25, 0.3) is 0 Å². The second kappa shape index (κ2) is 6.32. The van der Waals surface area contributed by atoms with Crippen LogP contribution in [0.2, 0.25) is 5.28 Å². The Balaban J connectivity index is 2.16. The molecule has 0 aliphatic rings. The fourth-order valence-electron chi connectivity index (χ4n) is 1.47. The van der Waals surface area contributed by atoms with E-state index in [1.165, 1.54) is 6.07 Å². The zero-order chi connectivity index (χ0) is 14.7. The third kappa shape index (κ3) is 3.77. The molecule has 0 aliphatic heterocycles. The first-order chi connectivity index (χ1) is 9.45. The molecule has 1 heterocycles. The number of aromatic nitrogens is 3. The first kappa shape index (κ1) is 14.9. The first-order valence-corrected chi connectivity index (χ1v) is 6.89. The van der Waals surface area contributed by atoms with E-state index in [1.54, 1.807) is 31.1 Å². The Kier molecular flexibility index (Phi) is 4.72. The third-order valence-corrected chi connectivity index (χ3v) is 3.10. The standard InChI is InChI=1S/C12H12BrClFN5/c1-20(2)12-18-10(14)17-11(19-12)16-6-7-5-8(13)3-4-9(7)15/h3-5H,6H2,1-2H3,(H,16,17,18,19). The van der Waals surface area contributed by atoms with Crippen LogP contribution in [0, 0.1) is 5.82 Å². The normalized spacial score (nSPS) is 10.4. The summed E-state index contributed by atoms with van der Waals surface area (Å²) in [7, 11) is 3.59. The van der Waals surface area contributed by atoms with Crippen LogP contribution in [0.4, 0.5) is 16.3 Å². The first-order valence-electron chi connectivity index (χ1n) is 5.72. The van der Waals surface area contributed by atoms with Crippen molar-refractivity contribution in [3.05, 3.63) is 39.3 Å². The Morgan fingerprint density at radius 2 is 2.05 bits per heavy atom. The summed E-state index contributed by atoms with van der Waals surface area (Å²) < 4.78 is 14.4. The summed E-state index contributed by atoms with van der Waals surface area (Å²) in [5, 5.41) is 3.02. The minimum atomic E-state index is -0.298. The molecular formula is C12H12BrClFN5. The maximum Gasteiger partial charge on any atom is 0.230 e. The molecule has 0 aliphatic carbocycles. The summed E-state index contributed by atoms with van der Waals surface area (Å²) >= 11 is 9.12. The largest absolute Gasteiger partial charge is 0.350 e. The predicted molar refractivity (Wildman–Crippen MR) is 80.6 cm³/mol. The smallest absolute Gasteiger partial charge is 0.230 e. The molecule has 0 saturated heterocycles. The number of nitrogens with zero attached hydrogens (tertiary/aromatic N) is 4. The van der Waals surface area contributed by atoms with Crippen LogP contribution in [0.3, 0.4) is 0 Å². The van der Waals surface area contributed by atoms with E-state index < -0.39 is 0 Å². The van der Waals surface area contributed by atoms with Gasteiger partial charge in [-0.25, -0.2) is 4.39 Å². The average Bonchev–Trinajstić information content (AvgIpc) is 2.39. The molecule has 2 rings (SSSR count). The number of rotatable bonds is 4. The SMILES string of the molecule is CN(C)c1nc(Cl)nc(NCc2cc(Br)ccc2F)n1. The molecule has 0 spiro atoms. The Bertz CT molecular complexity index is 623. The quantitative estimate of drug-likeness (QED) is 0.908. The highest BCUT2D eigenvalue weighted by atomic mass is 79.9. The molecule has 1 N–H and O–H groups in total. The van der Waals surface area contributed by atoms with Gasteiger partial charge in [-0.2, -0.15) is 15.0 Å². The zero-order valence-electron chi connectivity index (χ0n) is 10.9. The van der Waals surface area contributed by atoms with E-state index in [4.69, 9.17) is 11.6 Å². The highest BCUT2D eigenvalue weighted by molar-refractivity contribution is 9.10. The minimum absolute atomic E-state index is 0.0842. The van der Waals surface area contributed by atoms with Crippen LogP contribution in [-0.2, 0) is 6.54 Å². The molecule has 20 heavy (non-hydrogen) atoms. The van der Waals surface area contributed by atoms with Crippen molar-refractivity contribution in [1.29, 1.82) is 0 Å². The van der Waals surface area contributed by atoms with Gasteiger partial charge in [0.1, 0.15) is 5.82 Å². The summed E-state index contributed by atoms with van der Waals surface area (Å²) in [6, 6.07) is 4.73. The van der Waals surface area contributed by atoms with E-state index in [1.807, 2.05) is 0 Å². The lowest BCUT2D eigenvalue weighted by atomic mass is 10.2. The van der Waals surface area contributed by atoms with Gasteiger partial charge in [-0.15, -0.1) is 0 Å². The van der Waals surface area contributed by atoms with E-state index >= 15 is 0 Å². The van der Waals surface area contributed by atoms with Crippen molar-refractivity contribution in [2.75, 3.05) is 24.3 Å². The maximum absolute atomic E-state index is 13.6. The molecule has 1 aromatic heterocycles. The summed E-state index contributed by atoms with van der Waals surface area (Å²) in [5.41, 5.74) is 0.502. The number of hydrogen-bond acceptors (Lipinski definition) is 5. The number of anilines is 2. The van der Waals surface area contributed by atoms with Gasteiger partial charge in [0.15, 0.2) is 0 Å². The van der Waals surface area contributed by atoms with E-state index in [9.17, 15) is 4.39 Å². The fourth-order valence-corrected chi connectivity index (χ4v) is 2.04. The Hall–Kier alpha value is -1.47. The van der Waals surface area contributed by atoms with Gasteiger partial charge in [-0.3, -0.25) is 0 Å². The fraction of sp³-hybridized carbons (Fsp3) is 0.250. The Morgan fingerprint density at radius 1 is 1.30 bits per heavy atom. The molecule has 5 nitrogen and oxygen atoms in total. The van der Waals surface area contributed by atoms with Gasteiger partial charge >= 0.3 is 0 Å². The van der Waals surface area contributed by atoms with Crippen molar-refractivity contribution in [2.24, 2.45) is 0 Å². The molecule has 0 saturated carbocycles. The molecule has 0 radical (unpaired) electrons. The van der Waals surface area contributed by atoms with Gasteiger partial charge in [0, 0.05) is 30.7 Å². The number of benzene rings is 1. The topological polar surface area (TPSA) is 53.9 Å². The highest BCUT2D eigenvalue weighted by Gasteiger charge is 2.08. The molecule has 0 bridgehead atoms. The Labute approximate surface area is 129 Å². The van der Waals surface area contributed by atoms with Crippen molar-refractivity contribution in [2.45, 2.75) is 6.54 Å². The van der Waals surface area contributed by atoms with Gasteiger partial charge in [-0.1, -0.05) is 15.9 Å². The van der Waals surface area contributed by atoms with Crippen molar-refractivity contribution in [1.82, 2.24) is 15.0 Å². The molecule has 1 aromatic carbocycles. The van der Waals surface area contributed by atoms with Gasteiger partial charge in [-0.05, 0) is 29.8 Å². The van der Waals surface area contributed by atoms with E-state index in [0.717, 1.165) is 4.47 Å². The second-order valence-corrected chi connectivity index (χ2v) is 5.47. The van der Waals surface area contributed by atoms with Crippen molar-refractivity contribution >= 4 is 39.4 Å². The Morgan fingerprint density at radius 3 is 2.75 bits per heavy atom. The summed E-state index contributed by atoms with van der Waals surface area (Å²) in [6.07, 6.45) is 0. The molecule has 0 atom stereocenters. The molecule has 106 valence electrons. The van der Waals surface area contributed by atoms with E-state index in [0.29, 0.717) is 17.5 Å². The van der Waals surface area contributed by atoms with Gasteiger partial charge in [0.25, 0.3) is 0 Å². The number of halogens is 3. The molecular weight excluding hydrogens is 349 g/mol. The van der Waals surface area contributed by atoms with Crippen LogP contribution < -0.4 is 10.2 Å². The summed E-state index contributed by atoms with van der Waals surface area (Å²) in [4.78, 5) is 13.8. The van der Waals surface area contributed by atoms with Gasteiger partial charge in [0.05, 0.1) is 0 Å². The van der Waals surface area contributed by atoms with Crippen LogP contribution in [-0.4, -0.2) is 29.0 Å². The summed E-state index contributed by atoms with van der Waals surface area (Å²) in [5.74, 6) is 0.434. The monoisotopic (exact) mass is 359 g/mol. The minimum Gasteiger partial charge on any atom is -0.350 e. The third-order valence-electron chi connectivity index (χ3n) is 2.44.